The van der Waals surface area contributed by atoms with E-state index >= 15 is 0 Å². The molecule has 0 radical (unpaired) electrons. The number of rotatable bonds is 11. The van der Waals surface area contributed by atoms with Gasteiger partial charge in [0, 0.05) is 32.2 Å². The Kier molecular flexibility index (Phi) is 9.60. The van der Waals surface area contributed by atoms with Crippen LogP contribution in [0.4, 0.5) is 0 Å². The molecule has 0 saturated carbocycles. The Morgan fingerprint density at radius 1 is 1.23 bits per heavy atom. The van der Waals surface area contributed by atoms with Crippen molar-refractivity contribution < 1.29 is 28.6 Å². The largest absolute Gasteiger partial charge is 0.496 e. The molecule has 1 fully saturated rings. The molecule has 2 atom stereocenters. The summed E-state index contributed by atoms with van der Waals surface area (Å²) in [5.74, 6) is -0.803. The van der Waals surface area contributed by atoms with Crippen LogP contribution in [0, 0.1) is 5.92 Å². The normalized spacial score (nSPS) is 18.8. The maximum absolute atomic E-state index is 12.9. The highest BCUT2D eigenvalue weighted by molar-refractivity contribution is 5.84. The SMILES string of the molecule is CCCCN1C(=O)CC[C@H](C(=O)OCC(=O)NCCOC)[C@H]1c1ccccc1OC. The summed E-state index contributed by atoms with van der Waals surface area (Å²) in [6, 6.07) is 6.91. The van der Waals surface area contributed by atoms with Gasteiger partial charge in [0.1, 0.15) is 5.75 Å². The summed E-state index contributed by atoms with van der Waals surface area (Å²) in [5, 5.41) is 2.62. The predicted molar refractivity (Wildman–Crippen MR) is 111 cm³/mol. The number of esters is 1. The van der Waals surface area contributed by atoms with Gasteiger partial charge < -0.3 is 24.4 Å². The zero-order valence-corrected chi connectivity index (χ0v) is 18.0. The minimum atomic E-state index is -0.567. The molecule has 0 spiro atoms. The molecule has 1 aromatic carbocycles. The standard InChI is InChI=1S/C22H32N2O6/c1-4-5-13-24-20(26)11-10-17(21(24)16-8-6-7-9-18(16)29-3)22(27)30-15-19(25)23-12-14-28-2/h6-9,17,21H,4-5,10-15H2,1-3H3,(H,23,25)/t17-,21+/m0/s1. The molecule has 2 rings (SSSR count). The second-order valence-electron chi connectivity index (χ2n) is 7.22. The lowest BCUT2D eigenvalue weighted by molar-refractivity contribution is -0.160. The monoisotopic (exact) mass is 420 g/mol. The van der Waals surface area contributed by atoms with Gasteiger partial charge in [-0.1, -0.05) is 31.5 Å². The summed E-state index contributed by atoms with van der Waals surface area (Å²) >= 11 is 0. The van der Waals surface area contributed by atoms with E-state index in [9.17, 15) is 14.4 Å². The number of para-hydroxylation sites is 1. The van der Waals surface area contributed by atoms with Gasteiger partial charge >= 0.3 is 5.97 Å². The van der Waals surface area contributed by atoms with E-state index in [1.807, 2.05) is 24.3 Å². The van der Waals surface area contributed by atoms with Crippen molar-refractivity contribution in [2.24, 2.45) is 5.92 Å². The summed E-state index contributed by atoms with van der Waals surface area (Å²) in [5.41, 5.74) is 0.774. The van der Waals surface area contributed by atoms with Crippen LogP contribution in [0.2, 0.25) is 0 Å². The number of hydrogen-bond donors (Lipinski definition) is 1. The first kappa shape index (κ1) is 23.7. The van der Waals surface area contributed by atoms with Gasteiger partial charge in [-0.3, -0.25) is 14.4 Å². The van der Waals surface area contributed by atoms with Crippen LogP contribution in [0.15, 0.2) is 24.3 Å². The molecule has 0 unspecified atom stereocenters. The van der Waals surface area contributed by atoms with Gasteiger partial charge in [0.2, 0.25) is 5.91 Å². The van der Waals surface area contributed by atoms with Gasteiger partial charge in [-0.2, -0.15) is 0 Å². The van der Waals surface area contributed by atoms with Crippen LogP contribution >= 0.6 is 0 Å². The predicted octanol–water partition coefficient (Wildman–Crippen LogP) is 2.08. The molecule has 1 aliphatic rings. The molecule has 0 aliphatic carbocycles. The van der Waals surface area contributed by atoms with Crippen molar-refractivity contribution in [3.05, 3.63) is 29.8 Å². The Morgan fingerprint density at radius 3 is 2.70 bits per heavy atom. The van der Waals surface area contributed by atoms with Crippen molar-refractivity contribution in [2.45, 2.75) is 38.6 Å². The van der Waals surface area contributed by atoms with E-state index in [4.69, 9.17) is 14.2 Å². The summed E-state index contributed by atoms with van der Waals surface area (Å²) in [6.45, 7) is 2.98. The number of amides is 2. The summed E-state index contributed by atoms with van der Waals surface area (Å²) in [4.78, 5) is 39.3. The molecule has 8 heteroatoms. The second kappa shape index (κ2) is 12.2. The Balaban J connectivity index is 2.21. The van der Waals surface area contributed by atoms with E-state index in [-0.39, 0.29) is 24.8 Å². The Bertz CT molecular complexity index is 723. The zero-order chi connectivity index (χ0) is 21.9. The van der Waals surface area contributed by atoms with Crippen molar-refractivity contribution in [2.75, 3.05) is 40.5 Å². The molecule has 1 aromatic rings. The highest BCUT2D eigenvalue weighted by atomic mass is 16.5. The van der Waals surface area contributed by atoms with Crippen LogP contribution in [-0.2, 0) is 23.9 Å². The van der Waals surface area contributed by atoms with Crippen LogP contribution in [0.1, 0.15) is 44.2 Å². The molecule has 1 saturated heterocycles. The number of methoxy groups -OCH3 is 2. The molecular formula is C22H32N2O6. The smallest absolute Gasteiger partial charge is 0.311 e. The first-order chi connectivity index (χ1) is 14.5. The average Bonchev–Trinajstić information content (AvgIpc) is 2.76. The molecule has 166 valence electrons. The van der Waals surface area contributed by atoms with E-state index in [0.29, 0.717) is 31.9 Å². The lowest BCUT2D eigenvalue weighted by atomic mass is 9.83. The van der Waals surface area contributed by atoms with Gasteiger partial charge in [-0.05, 0) is 18.9 Å². The van der Waals surface area contributed by atoms with Gasteiger partial charge in [-0.15, -0.1) is 0 Å². The van der Waals surface area contributed by atoms with Crippen molar-refractivity contribution >= 4 is 17.8 Å². The van der Waals surface area contributed by atoms with Crippen LogP contribution in [-0.4, -0.2) is 63.2 Å². The number of carbonyl (C=O) groups excluding carboxylic acids is 3. The van der Waals surface area contributed by atoms with Gasteiger partial charge in [0.05, 0.1) is 25.7 Å². The molecule has 0 bridgehead atoms. The number of hydrogen-bond acceptors (Lipinski definition) is 6. The molecule has 8 nitrogen and oxygen atoms in total. The first-order valence-electron chi connectivity index (χ1n) is 10.4. The fraction of sp³-hybridized carbons (Fsp3) is 0.591. The van der Waals surface area contributed by atoms with Gasteiger partial charge in [0.25, 0.3) is 5.91 Å². The fourth-order valence-corrected chi connectivity index (χ4v) is 3.67. The molecule has 2 amide bonds. The van der Waals surface area contributed by atoms with Crippen molar-refractivity contribution in [1.82, 2.24) is 10.2 Å². The average molecular weight is 421 g/mol. The van der Waals surface area contributed by atoms with Crippen molar-refractivity contribution in [1.29, 1.82) is 0 Å². The zero-order valence-electron chi connectivity index (χ0n) is 18.0. The molecule has 1 heterocycles. The minimum absolute atomic E-state index is 0.0146. The fourth-order valence-electron chi connectivity index (χ4n) is 3.67. The number of ether oxygens (including phenoxy) is 3. The minimum Gasteiger partial charge on any atom is -0.496 e. The van der Waals surface area contributed by atoms with Crippen molar-refractivity contribution in [3.8, 4) is 5.75 Å². The number of carbonyl (C=O) groups is 3. The molecule has 0 aromatic heterocycles. The topological polar surface area (TPSA) is 94.2 Å². The summed E-state index contributed by atoms with van der Waals surface area (Å²) in [7, 11) is 3.11. The number of unbranched alkanes of at least 4 members (excludes halogenated alkanes) is 1. The van der Waals surface area contributed by atoms with Gasteiger partial charge in [0.15, 0.2) is 6.61 Å². The second-order valence-corrected chi connectivity index (χ2v) is 7.22. The molecular weight excluding hydrogens is 388 g/mol. The third kappa shape index (κ3) is 6.19. The molecule has 1 aliphatic heterocycles. The van der Waals surface area contributed by atoms with Gasteiger partial charge in [-0.25, -0.2) is 0 Å². The van der Waals surface area contributed by atoms with Crippen LogP contribution in [0.3, 0.4) is 0 Å². The number of benzene rings is 1. The third-order valence-electron chi connectivity index (χ3n) is 5.19. The summed E-state index contributed by atoms with van der Waals surface area (Å²) in [6.07, 6.45) is 2.41. The van der Waals surface area contributed by atoms with E-state index in [0.717, 1.165) is 18.4 Å². The van der Waals surface area contributed by atoms with Crippen LogP contribution in [0.25, 0.3) is 0 Å². The van der Waals surface area contributed by atoms with E-state index in [2.05, 4.69) is 12.2 Å². The first-order valence-corrected chi connectivity index (χ1v) is 10.4. The quantitative estimate of drug-likeness (QED) is 0.435. The molecule has 30 heavy (non-hydrogen) atoms. The maximum atomic E-state index is 12.9. The summed E-state index contributed by atoms with van der Waals surface area (Å²) < 4.78 is 15.7. The van der Waals surface area contributed by atoms with Crippen LogP contribution in [0.5, 0.6) is 5.75 Å². The van der Waals surface area contributed by atoms with E-state index in [1.54, 1.807) is 19.1 Å². The Hall–Kier alpha value is -2.61. The van der Waals surface area contributed by atoms with E-state index in [1.165, 1.54) is 0 Å². The highest BCUT2D eigenvalue weighted by Gasteiger charge is 2.42. The Morgan fingerprint density at radius 2 is 2.00 bits per heavy atom. The van der Waals surface area contributed by atoms with E-state index < -0.39 is 17.9 Å². The highest BCUT2D eigenvalue weighted by Crippen LogP contribution is 2.41. The lowest BCUT2D eigenvalue weighted by Gasteiger charge is -2.40. The Labute approximate surface area is 177 Å². The lowest BCUT2D eigenvalue weighted by Crippen LogP contribution is -2.46. The number of nitrogens with zero attached hydrogens (tertiary/aromatic N) is 1. The third-order valence-corrected chi connectivity index (χ3v) is 5.19. The number of nitrogens with one attached hydrogen (secondary N) is 1. The number of piperidine rings is 1. The number of likely N-dealkylation sites (tertiary alicyclic amines) is 1. The molecule has 1 N–H and O–H groups in total. The van der Waals surface area contributed by atoms with Crippen molar-refractivity contribution in [3.63, 3.8) is 0 Å². The maximum Gasteiger partial charge on any atom is 0.311 e. The van der Waals surface area contributed by atoms with Crippen LogP contribution < -0.4 is 10.1 Å².